The number of nitrogens with zero attached hydrogens (tertiary/aromatic N) is 1. The minimum atomic E-state index is -0.726. The third-order valence-electron chi connectivity index (χ3n) is 4.07. The maximum Gasteiger partial charge on any atom is 0.235 e. The highest BCUT2D eigenvalue weighted by Gasteiger charge is 2.39. The van der Waals surface area contributed by atoms with Gasteiger partial charge >= 0.3 is 0 Å². The number of thiocarbonyl (C=S) groups is 1. The summed E-state index contributed by atoms with van der Waals surface area (Å²) in [6.45, 7) is 5.45. The Bertz CT molecular complexity index is 320. The van der Waals surface area contributed by atoms with Crippen LogP contribution in [0.2, 0.25) is 0 Å². The standard InChI is InChI=1S/C13H24N2O2S/c1-3-13(2,11(14)18)12(17)15-7-4-5-10(9-15)6-8-16/h10,16H,3-9H2,1-2H3,(H2,14,18). The molecular weight excluding hydrogens is 248 g/mol. The van der Waals surface area contributed by atoms with Gasteiger partial charge in [0.15, 0.2) is 0 Å². The second-order valence-corrected chi connectivity index (χ2v) is 5.76. The molecule has 0 aromatic heterocycles. The van der Waals surface area contributed by atoms with Crippen molar-refractivity contribution in [3.8, 4) is 0 Å². The molecule has 1 fully saturated rings. The van der Waals surface area contributed by atoms with E-state index in [1.165, 1.54) is 0 Å². The van der Waals surface area contributed by atoms with Crippen molar-refractivity contribution in [1.29, 1.82) is 0 Å². The van der Waals surface area contributed by atoms with Gasteiger partial charge in [-0.25, -0.2) is 0 Å². The number of carbonyl (C=O) groups excluding carboxylic acids is 1. The number of aliphatic hydroxyl groups excluding tert-OH is 1. The highest BCUT2D eigenvalue weighted by Crippen LogP contribution is 2.28. The molecule has 0 saturated carbocycles. The lowest BCUT2D eigenvalue weighted by atomic mass is 9.84. The molecule has 1 aliphatic rings. The summed E-state index contributed by atoms with van der Waals surface area (Å²) in [5.74, 6) is 0.445. The van der Waals surface area contributed by atoms with Gasteiger partial charge in [0.25, 0.3) is 0 Å². The number of hydrogen-bond acceptors (Lipinski definition) is 3. The number of likely N-dealkylation sites (tertiary alicyclic amines) is 1. The van der Waals surface area contributed by atoms with E-state index in [0.29, 0.717) is 12.3 Å². The van der Waals surface area contributed by atoms with Crippen LogP contribution in [0, 0.1) is 11.3 Å². The third kappa shape index (κ3) is 3.20. The number of carbonyl (C=O) groups is 1. The normalized spacial score (nSPS) is 23.5. The van der Waals surface area contributed by atoms with Crippen LogP contribution in [0.1, 0.15) is 39.5 Å². The van der Waals surface area contributed by atoms with Crippen molar-refractivity contribution in [2.24, 2.45) is 17.1 Å². The molecule has 104 valence electrons. The molecule has 4 nitrogen and oxygen atoms in total. The molecule has 0 bridgehead atoms. The Balaban J connectivity index is 2.74. The van der Waals surface area contributed by atoms with Crippen LogP contribution in [-0.2, 0) is 4.79 Å². The van der Waals surface area contributed by atoms with E-state index in [0.717, 1.165) is 32.4 Å². The smallest absolute Gasteiger partial charge is 0.235 e. The Morgan fingerprint density at radius 2 is 2.28 bits per heavy atom. The second-order valence-electron chi connectivity index (χ2n) is 5.32. The topological polar surface area (TPSA) is 66.6 Å². The molecule has 1 amide bonds. The summed E-state index contributed by atoms with van der Waals surface area (Å²) in [6, 6.07) is 0. The van der Waals surface area contributed by atoms with E-state index in [2.05, 4.69) is 0 Å². The first-order chi connectivity index (χ1) is 8.45. The molecule has 0 aromatic carbocycles. The number of aliphatic hydroxyl groups is 1. The van der Waals surface area contributed by atoms with Crippen molar-refractivity contribution < 1.29 is 9.90 Å². The van der Waals surface area contributed by atoms with Crippen molar-refractivity contribution in [3.05, 3.63) is 0 Å². The summed E-state index contributed by atoms with van der Waals surface area (Å²) >= 11 is 5.05. The molecule has 0 spiro atoms. The quantitative estimate of drug-likeness (QED) is 0.741. The number of nitrogens with two attached hydrogens (primary N) is 1. The predicted molar refractivity (Wildman–Crippen MR) is 76.2 cm³/mol. The van der Waals surface area contributed by atoms with Crippen molar-refractivity contribution in [3.63, 3.8) is 0 Å². The first kappa shape index (κ1) is 15.4. The Kier molecular flexibility index (Phi) is 5.53. The zero-order valence-electron chi connectivity index (χ0n) is 11.3. The Morgan fingerprint density at radius 3 is 2.78 bits per heavy atom. The van der Waals surface area contributed by atoms with Gasteiger partial charge in [-0.2, -0.15) is 0 Å². The van der Waals surface area contributed by atoms with Gasteiger partial charge in [0.05, 0.1) is 10.4 Å². The lowest BCUT2D eigenvalue weighted by molar-refractivity contribution is -0.139. The lowest BCUT2D eigenvalue weighted by Gasteiger charge is -2.38. The van der Waals surface area contributed by atoms with Gasteiger partial charge in [-0.3, -0.25) is 4.79 Å². The zero-order valence-corrected chi connectivity index (χ0v) is 12.1. The van der Waals surface area contributed by atoms with Crippen LogP contribution >= 0.6 is 12.2 Å². The van der Waals surface area contributed by atoms with E-state index < -0.39 is 5.41 Å². The molecular formula is C13H24N2O2S. The number of rotatable bonds is 5. The Morgan fingerprint density at radius 1 is 1.61 bits per heavy atom. The van der Waals surface area contributed by atoms with Gasteiger partial charge < -0.3 is 15.7 Å². The highest BCUT2D eigenvalue weighted by molar-refractivity contribution is 7.80. The van der Waals surface area contributed by atoms with Crippen LogP contribution in [0.3, 0.4) is 0 Å². The van der Waals surface area contributed by atoms with Crippen molar-refractivity contribution in [2.75, 3.05) is 19.7 Å². The average molecular weight is 272 g/mol. The summed E-state index contributed by atoms with van der Waals surface area (Å²) in [5.41, 5.74) is 5.00. The fourth-order valence-corrected chi connectivity index (χ4v) is 2.68. The molecule has 1 aliphatic heterocycles. The largest absolute Gasteiger partial charge is 0.396 e. The molecule has 0 aromatic rings. The molecule has 18 heavy (non-hydrogen) atoms. The van der Waals surface area contributed by atoms with Gasteiger partial charge in [0.2, 0.25) is 5.91 Å². The van der Waals surface area contributed by atoms with Crippen molar-refractivity contribution in [1.82, 2.24) is 4.90 Å². The van der Waals surface area contributed by atoms with E-state index in [4.69, 9.17) is 23.1 Å². The summed E-state index contributed by atoms with van der Waals surface area (Å²) in [7, 11) is 0. The van der Waals surface area contributed by atoms with Crippen LogP contribution in [-0.4, -0.2) is 40.6 Å². The maximum atomic E-state index is 12.5. The zero-order chi connectivity index (χ0) is 13.8. The summed E-state index contributed by atoms with van der Waals surface area (Å²) < 4.78 is 0. The van der Waals surface area contributed by atoms with E-state index in [9.17, 15) is 4.79 Å². The molecule has 2 unspecified atom stereocenters. The molecule has 5 heteroatoms. The highest BCUT2D eigenvalue weighted by atomic mass is 32.1. The minimum absolute atomic E-state index is 0.0418. The van der Waals surface area contributed by atoms with E-state index in [1.807, 2.05) is 18.7 Å². The number of hydrogen-bond donors (Lipinski definition) is 2. The molecule has 0 aliphatic carbocycles. The predicted octanol–water partition coefficient (Wildman–Crippen LogP) is 1.31. The molecule has 1 rings (SSSR count). The third-order valence-corrected chi connectivity index (χ3v) is 4.52. The SMILES string of the molecule is CCC(C)(C(=O)N1CCCC(CCO)C1)C(N)=S. The number of amides is 1. The van der Waals surface area contributed by atoms with Gasteiger partial charge in [0.1, 0.15) is 0 Å². The summed E-state index contributed by atoms with van der Waals surface area (Å²) in [5, 5.41) is 8.99. The second kappa shape index (κ2) is 6.48. The van der Waals surface area contributed by atoms with E-state index in [-0.39, 0.29) is 17.5 Å². The van der Waals surface area contributed by atoms with Crippen LogP contribution < -0.4 is 5.73 Å². The van der Waals surface area contributed by atoms with E-state index >= 15 is 0 Å². The first-order valence-electron chi connectivity index (χ1n) is 6.65. The summed E-state index contributed by atoms with van der Waals surface area (Å²) in [6.07, 6.45) is 3.47. The monoisotopic (exact) mass is 272 g/mol. The van der Waals surface area contributed by atoms with Crippen molar-refractivity contribution in [2.45, 2.75) is 39.5 Å². The Hall–Kier alpha value is -0.680. The lowest BCUT2D eigenvalue weighted by Crippen LogP contribution is -2.51. The fourth-order valence-electron chi connectivity index (χ4n) is 2.45. The van der Waals surface area contributed by atoms with Gasteiger partial charge in [-0.15, -0.1) is 0 Å². The van der Waals surface area contributed by atoms with Crippen LogP contribution in [0.15, 0.2) is 0 Å². The van der Waals surface area contributed by atoms with Crippen LogP contribution in [0.25, 0.3) is 0 Å². The molecule has 3 N–H and O–H groups in total. The van der Waals surface area contributed by atoms with Crippen LogP contribution in [0.4, 0.5) is 0 Å². The van der Waals surface area contributed by atoms with Gasteiger partial charge in [-0.05, 0) is 38.5 Å². The van der Waals surface area contributed by atoms with Crippen LogP contribution in [0.5, 0.6) is 0 Å². The molecule has 0 radical (unpaired) electrons. The molecule has 2 atom stereocenters. The van der Waals surface area contributed by atoms with Crippen molar-refractivity contribution >= 4 is 23.1 Å². The van der Waals surface area contributed by atoms with E-state index in [1.54, 1.807) is 0 Å². The maximum absolute atomic E-state index is 12.5. The molecule has 1 saturated heterocycles. The average Bonchev–Trinajstić information content (AvgIpc) is 2.37. The minimum Gasteiger partial charge on any atom is -0.396 e. The molecule has 1 heterocycles. The van der Waals surface area contributed by atoms with Gasteiger partial charge in [-0.1, -0.05) is 19.1 Å². The fraction of sp³-hybridized carbons (Fsp3) is 0.846. The number of piperidine rings is 1. The summed E-state index contributed by atoms with van der Waals surface area (Å²) in [4.78, 5) is 14.7. The first-order valence-corrected chi connectivity index (χ1v) is 7.06. The van der Waals surface area contributed by atoms with Gasteiger partial charge in [0, 0.05) is 19.7 Å². The Labute approximate surface area is 115 Å².